The highest BCUT2D eigenvalue weighted by Crippen LogP contribution is 2.34. The monoisotopic (exact) mass is 449 g/mol. The fourth-order valence-electron chi connectivity index (χ4n) is 2.91. The molecule has 0 aliphatic heterocycles. The molecule has 3 aromatic rings. The van der Waals surface area contributed by atoms with E-state index in [2.05, 4.69) is 4.90 Å². The van der Waals surface area contributed by atoms with Crippen LogP contribution in [0.4, 0.5) is 5.13 Å². The number of benzene rings is 2. The van der Waals surface area contributed by atoms with Crippen LogP contribution >= 0.6 is 23.7 Å². The summed E-state index contributed by atoms with van der Waals surface area (Å²) in [6.45, 7) is 3.96. The van der Waals surface area contributed by atoms with E-state index in [-0.39, 0.29) is 24.9 Å². The first-order valence-corrected chi connectivity index (χ1v) is 10.6. The molecule has 0 bridgehead atoms. The molecule has 0 aliphatic carbocycles. The number of carbonyl (C=O) groups is 1. The summed E-state index contributed by atoms with van der Waals surface area (Å²) in [5, 5.41) is 0.674. The Kier molecular flexibility index (Phi) is 9.36. The van der Waals surface area contributed by atoms with Gasteiger partial charge in [-0.25, -0.2) is 4.98 Å². The van der Waals surface area contributed by atoms with Gasteiger partial charge in [0.1, 0.15) is 17.0 Å². The number of aromatic nitrogens is 1. The zero-order chi connectivity index (χ0) is 20.6. The molecule has 6 nitrogen and oxygen atoms in total. The molecule has 1 aromatic heterocycles. The molecular formula is C22H28ClN3O3S. The second kappa shape index (κ2) is 11.7. The van der Waals surface area contributed by atoms with Crippen LogP contribution in [-0.4, -0.2) is 56.2 Å². The Bertz CT molecular complexity index is 934. The average molecular weight is 450 g/mol. The maximum absolute atomic E-state index is 13.0. The largest absolute Gasteiger partial charge is 0.492 e. The molecule has 0 aliphatic rings. The second-order valence-corrected chi connectivity index (χ2v) is 7.85. The van der Waals surface area contributed by atoms with Gasteiger partial charge in [0, 0.05) is 6.54 Å². The minimum absolute atomic E-state index is 0. The summed E-state index contributed by atoms with van der Waals surface area (Å²) in [4.78, 5) is 21.6. The van der Waals surface area contributed by atoms with Crippen LogP contribution in [0.3, 0.4) is 0 Å². The number of amides is 1. The third kappa shape index (κ3) is 6.32. The van der Waals surface area contributed by atoms with Gasteiger partial charge in [-0.3, -0.25) is 9.69 Å². The summed E-state index contributed by atoms with van der Waals surface area (Å²) < 4.78 is 12.4. The van der Waals surface area contributed by atoms with E-state index in [0.29, 0.717) is 24.0 Å². The Morgan fingerprint density at radius 1 is 1.03 bits per heavy atom. The molecule has 1 amide bonds. The molecule has 162 valence electrons. The van der Waals surface area contributed by atoms with E-state index in [1.165, 1.54) is 11.3 Å². The van der Waals surface area contributed by atoms with Crippen molar-refractivity contribution in [1.29, 1.82) is 0 Å². The van der Waals surface area contributed by atoms with Gasteiger partial charge >= 0.3 is 0 Å². The number of ether oxygens (including phenoxy) is 2. The molecule has 0 unspecified atom stereocenters. The van der Waals surface area contributed by atoms with Gasteiger partial charge < -0.3 is 14.4 Å². The molecule has 0 atom stereocenters. The van der Waals surface area contributed by atoms with E-state index in [1.807, 2.05) is 69.6 Å². The van der Waals surface area contributed by atoms with E-state index in [4.69, 9.17) is 14.5 Å². The van der Waals surface area contributed by atoms with Crippen LogP contribution in [-0.2, 0) is 4.79 Å². The lowest BCUT2D eigenvalue weighted by atomic mass is 10.3. The number of rotatable bonds is 10. The van der Waals surface area contributed by atoms with Crippen LogP contribution in [0.1, 0.15) is 13.3 Å². The van der Waals surface area contributed by atoms with Gasteiger partial charge in [-0.15, -0.1) is 12.4 Å². The van der Waals surface area contributed by atoms with Crippen molar-refractivity contribution in [1.82, 2.24) is 9.88 Å². The number of nitrogens with zero attached hydrogens (tertiary/aromatic N) is 3. The standard InChI is InChI=1S/C22H27N3O3S.ClH/c1-4-27-18-12-8-13-19-21(18)23-22(29-19)25(15-9-14-24(2)3)20(26)16-28-17-10-6-5-7-11-17;/h5-8,10-13H,4,9,14-16H2,1-3H3;1H. The van der Waals surface area contributed by atoms with Crippen molar-refractivity contribution in [3.05, 3.63) is 48.5 Å². The van der Waals surface area contributed by atoms with E-state index in [1.54, 1.807) is 4.90 Å². The fraction of sp³-hybridized carbons (Fsp3) is 0.364. The first kappa shape index (κ1) is 23.9. The van der Waals surface area contributed by atoms with Gasteiger partial charge in [-0.05, 0) is 58.3 Å². The summed E-state index contributed by atoms with van der Waals surface area (Å²) in [5.74, 6) is 1.32. The topological polar surface area (TPSA) is 54.9 Å². The van der Waals surface area contributed by atoms with Crippen molar-refractivity contribution in [2.24, 2.45) is 0 Å². The minimum Gasteiger partial charge on any atom is -0.492 e. The van der Waals surface area contributed by atoms with E-state index < -0.39 is 0 Å². The number of hydrogen-bond donors (Lipinski definition) is 0. The van der Waals surface area contributed by atoms with Gasteiger partial charge in [0.15, 0.2) is 11.7 Å². The molecule has 0 spiro atoms. The molecular weight excluding hydrogens is 422 g/mol. The minimum atomic E-state index is -0.107. The van der Waals surface area contributed by atoms with Gasteiger partial charge in [0.2, 0.25) is 0 Å². The number of carbonyl (C=O) groups excluding carboxylic acids is 1. The van der Waals surface area contributed by atoms with Gasteiger partial charge in [0.05, 0.1) is 11.3 Å². The van der Waals surface area contributed by atoms with Crippen LogP contribution in [0.5, 0.6) is 11.5 Å². The molecule has 0 saturated heterocycles. The van der Waals surface area contributed by atoms with Crippen molar-refractivity contribution in [2.75, 3.05) is 45.3 Å². The lowest BCUT2D eigenvalue weighted by Gasteiger charge is -2.21. The average Bonchev–Trinajstić information content (AvgIpc) is 3.15. The number of thiazole rings is 1. The number of anilines is 1. The van der Waals surface area contributed by atoms with Crippen molar-refractivity contribution in [2.45, 2.75) is 13.3 Å². The molecule has 30 heavy (non-hydrogen) atoms. The first-order chi connectivity index (χ1) is 14.1. The zero-order valence-electron chi connectivity index (χ0n) is 17.5. The quantitative estimate of drug-likeness (QED) is 0.456. The smallest absolute Gasteiger partial charge is 0.266 e. The molecule has 2 aromatic carbocycles. The van der Waals surface area contributed by atoms with Gasteiger partial charge in [0.25, 0.3) is 5.91 Å². The molecule has 1 heterocycles. The van der Waals surface area contributed by atoms with Crippen LogP contribution in [0.25, 0.3) is 10.2 Å². The van der Waals surface area contributed by atoms with Crippen LogP contribution in [0.2, 0.25) is 0 Å². The normalized spacial score (nSPS) is 10.7. The maximum Gasteiger partial charge on any atom is 0.266 e. The number of para-hydroxylation sites is 2. The number of fused-ring (bicyclic) bond motifs is 1. The van der Waals surface area contributed by atoms with Crippen molar-refractivity contribution >= 4 is 45.0 Å². The lowest BCUT2D eigenvalue weighted by Crippen LogP contribution is -2.36. The highest BCUT2D eigenvalue weighted by Gasteiger charge is 2.21. The fourth-order valence-corrected chi connectivity index (χ4v) is 3.94. The van der Waals surface area contributed by atoms with Crippen LogP contribution in [0, 0.1) is 0 Å². The Morgan fingerprint density at radius 3 is 2.50 bits per heavy atom. The van der Waals surface area contributed by atoms with Crippen molar-refractivity contribution in [3.8, 4) is 11.5 Å². The predicted octanol–water partition coefficient (Wildman–Crippen LogP) is 4.48. The summed E-state index contributed by atoms with van der Waals surface area (Å²) in [5.41, 5.74) is 0.795. The predicted molar refractivity (Wildman–Crippen MR) is 125 cm³/mol. The SMILES string of the molecule is CCOc1cccc2sc(N(CCCN(C)C)C(=O)COc3ccccc3)nc12.Cl. The summed E-state index contributed by atoms with van der Waals surface area (Å²) in [7, 11) is 4.05. The molecule has 0 saturated carbocycles. The molecule has 8 heteroatoms. The summed E-state index contributed by atoms with van der Waals surface area (Å²) in [6, 6.07) is 15.2. The van der Waals surface area contributed by atoms with Crippen molar-refractivity contribution in [3.63, 3.8) is 0 Å². The third-order valence-corrected chi connectivity index (χ3v) is 5.34. The maximum atomic E-state index is 13.0. The van der Waals surface area contributed by atoms with Crippen LogP contribution < -0.4 is 14.4 Å². The van der Waals surface area contributed by atoms with Gasteiger partial charge in [-0.2, -0.15) is 0 Å². The second-order valence-electron chi connectivity index (χ2n) is 6.84. The molecule has 3 rings (SSSR count). The van der Waals surface area contributed by atoms with Crippen LogP contribution in [0.15, 0.2) is 48.5 Å². The van der Waals surface area contributed by atoms with E-state index >= 15 is 0 Å². The summed E-state index contributed by atoms with van der Waals surface area (Å²) >= 11 is 1.50. The Balaban J connectivity index is 0.00000320. The van der Waals surface area contributed by atoms with Gasteiger partial charge in [-0.1, -0.05) is 35.6 Å². The Labute approximate surface area is 187 Å². The third-order valence-electron chi connectivity index (χ3n) is 4.30. The van der Waals surface area contributed by atoms with E-state index in [9.17, 15) is 4.79 Å². The molecule has 0 radical (unpaired) electrons. The van der Waals surface area contributed by atoms with E-state index in [0.717, 1.165) is 28.9 Å². The molecule has 0 N–H and O–H groups in total. The zero-order valence-corrected chi connectivity index (χ0v) is 19.2. The molecule has 0 fully saturated rings. The Morgan fingerprint density at radius 2 is 1.80 bits per heavy atom. The lowest BCUT2D eigenvalue weighted by molar-refractivity contribution is -0.120. The highest BCUT2D eigenvalue weighted by atomic mass is 35.5. The number of halogens is 1. The van der Waals surface area contributed by atoms with Crippen molar-refractivity contribution < 1.29 is 14.3 Å². The Hall–Kier alpha value is -2.35. The first-order valence-electron chi connectivity index (χ1n) is 9.73. The highest BCUT2D eigenvalue weighted by molar-refractivity contribution is 7.22. The number of hydrogen-bond acceptors (Lipinski definition) is 6. The summed E-state index contributed by atoms with van der Waals surface area (Å²) in [6.07, 6.45) is 0.846.